The summed E-state index contributed by atoms with van der Waals surface area (Å²) in [6.07, 6.45) is 4.52. The Bertz CT molecular complexity index is 540. The maximum Gasteiger partial charge on any atom is 0.139 e. The van der Waals surface area contributed by atoms with E-state index in [1.165, 1.54) is 4.90 Å². The molecule has 0 radical (unpaired) electrons. The Labute approximate surface area is 118 Å². The number of nitrogens with one attached hydrogen (secondary N) is 2. The first kappa shape index (κ1) is 13.7. The van der Waals surface area contributed by atoms with E-state index in [0.29, 0.717) is 0 Å². The molecule has 0 amide bonds. The average molecular weight is 274 g/mol. The van der Waals surface area contributed by atoms with Gasteiger partial charge in [0.05, 0.1) is 0 Å². The summed E-state index contributed by atoms with van der Waals surface area (Å²) in [6.45, 7) is 2.10. The van der Waals surface area contributed by atoms with Crippen LogP contribution in [0, 0.1) is 0 Å². The topological polar surface area (TPSA) is 49.8 Å². The zero-order valence-corrected chi connectivity index (χ0v) is 12.2. The van der Waals surface area contributed by atoms with E-state index in [2.05, 4.69) is 58.0 Å². The van der Waals surface area contributed by atoms with Gasteiger partial charge >= 0.3 is 0 Å². The number of benzene rings is 1. The molecule has 19 heavy (non-hydrogen) atoms. The van der Waals surface area contributed by atoms with Crippen molar-refractivity contribution in [3.8, 4) is 0 Å². The number of hydrogen-bond donors (Lipinski definition) is 2. The van der Waals surface area contributed by atoms with Gasteiger partial charge in [-0.2, -0.15) is 0 Å². The lowest BCUT2D eigenvalue weighted by molar-refractivity contribution is 1.05. The van der Waals surface area contributed by atoms with Crippen molar-refractivity contribution >= 4 is 29.1 Å². The van der Waals surface area contributed by atoms with Crippen LogP contribution in [-0.2, 0) is 6.42 Å². The number of thioether (sulfide) groups is 1. The van der Waals surface area contributed by atoms with Crippen LogP contribution in [0.25, 0.3) is 0 Å². The largest absolute Gasteiger partial charge is 0.373 e. The summed E-state index contributed by atoms with van der Waals surface area (Å²) in [5.74, 6) is 1.74. The van der Waals surface area contributed by atoms with E-state index in [1.54, 1.807) is 18.1 Å². The molecule has 2 rings (SSSR count). The molecule has 1 heterocycles. The molecule has 0 unspecified atom stereocenters. The number of nitrogens with zero attached hydrogens (tertiary/aromatic N) is 2. The van der Waals surface area contributed by atoms with Crippen molar-refractivity contribution in [2.24, 2.45) is 0 Å². The number of anilines is 3. The van der Waals surface area contributed by atoms with E-state index >= 15 is 0 Å². The maximum atomic E-state index is 4.33. The number of aromatic nitrogens is 2. The molecule has 0 fully saturated rings. The molecule has 0 aliphatic rings. The molecule has 0 bridgehead atoms. The third-order valence-electron chi connectivity index (χ3n) is 2.89. The third kappa shape index (κ3) is 3.17. The summed E-state index contributed by atoms with van der Waals surface area (Å²) in [5.41, 5.74) is 2.13. The molecule has 1 aromatic carbocycles. The van der Waals surface area contributed by atoms with Crippen LogP contribution in [0.15, 0.2) is 35.5 Å². The van der Waals surface area contributed by atoms with Gasteiger partial charge in [-0.15, -0.1) is 11.8 Å². The Kier molecular flexibility index (Phi) is 4.63. The second-order valence-corrected chi connectivity index (χ2v) is 4.89. The summed E-state index contributed by atoms with van der Waals surface area (Å²) in [4.78, 5) is 9.81. The van der Waals surface area contributed by atoms with Gasteiger partial charge in [-0.25, -0.2) is 9.97 Å². The van der Waals surface area contributed by atoms with E-state index in [4.69, 9.17) is 0 Å². The average Bonchev–Trinajstić information content (AvgIpc) is 2.47. The molecule has 0 atom stereocenters. The van der Waals surface area contributed by atoms with E-state index in [9.17, 15) is 0 Å². The highest BCUT2D eigenvalue weighted by Gasteiger charge is 2.08. The smallest absolute Gasteiger partial charge is 0.139 e. The van der Waals surface area contributed by atoms with E-state index in [1.807, 2.05) is 7.05 Å². The Balaban J connectivity index is 2.26. The molecule has 0 spiro atoms. The molecule has 0 saturated carbocycles. The molecule has 0 saturated heterocycles. The van der Waals surface area contributed by atoms with Crippen LogP contribution in [0.4, 0.5) is 17.3 Å². The molecule has 2 aromatic rings. The van der Waals surface area contributed by atoms with Gasteiger partial charge in [-0.3, -0.25) is 0 Å². The van der Waals surface area contributed by atoms with Crippen LogP contribution in [0.1, 0.15) is 12.5 Å². The van der Waals surface area contributed by atoms with Gasteiger partial charge in [0.15, 0.2) is 0 Å². The monoisotopic (exact) mass is 274 g/mol. The minimum absolute atomic E-state index is 0.860. The Morgan fingerprint density at radius 2 is 1.79 bits per heavy atom. The van der Waals surface area contributed by atoms with E-state index in [-0.39, 0.29) is 0 Å². The summed E-state index contributed by atoms with van der Waals surface area (Å²) in [5, 5.41) is 6.45. The van der Waals surface area contributed by atoms with Gasteiger partial charge in [-0.05, 0) is 36.9 Å². The second-order valence-electron chi connectivity index (χ2n) is 4.01. The molecule has 2 N–H and O–H groups in total. The van der Waals surface area contributed by atoms with Crippen LogP contribution in [0.3, 0.4) is 0 Å². The molecule has 100 valence electrons. The SMILES string of the molecule is CCc1c(NC)ncnc1Nc1ccc(SC)cc1. The van der Waals surface area contributed by atoms with Crippen molar-refractivity contribution in [2.75, 3.05) is 23.9 Å². The van der Waals surface area contributed by atoms with Gasteiger partial charge in [0.1, 0.15) is 18.0 Å². The molecule has 0 aliphatic carbocycles. The predicted octanol–water partition coefficient (Wildman–Crippen LogP) is 3.55. The summed E-state index contributed by atoms with van der Waals surface area (Å²) in [6, 6.07) is 8.32. The van der Waals surface area contributed by atoms with Crippen molar-refractivity contribution in [2.45, 2.75) is 18.2 Å². The number of rotatable bonds is 5. The Hall–Kier alpha value is -1.75. The lowest BCUT2D eigenvalue weighted by Crippen LogP contribution is -2.04. The maximum absolute atomic E-state index is 4.33. The van der Waals surface area contributed by atoms with Crippen LogP contribution >= 0.6 is 11.8 Å². The molecule has 4 nitrogen and oxygen atoms in total. The molecule has 0 aliphatic heterocycles. The summed E-state index contributed by atoms with van der Waals surface area (Å²) >= 11 is 1.73. The highest BCUT2D eigenvalue weighted by atomic mass is 32.2. The van der Waals surface area contributed by atoms with Crippen molar-refractivity contribution in [3.63, 3.8) is 0 Å². The van der Waals surface area contributed by atoms with Crippen molar-refractivity contribution < 1.29 is 0 Å². The molecular formula is C14H18N4S. The second kappa shape index (κ2) is 6.43. The van der Waals surface area contributed by atoms with Gasteiger partial charge in [0.2, 0.25) is 0 Å². The predicted molar refractivity (Wildman–Crippen MR) is 82.5 cm³/mol. The van der Waals surface area contributed by atoms with Gasteiger partial charge in [0, 0.05) is 23.2 Å². The standard InChI is InChI=1S/C14H18N4S/c1-4-12-13(15-2)16-9-17-14(12)18-10-5-7-11(19-3)8-6-10/h5-9H,4H2,1-3H3,(H2,15,16,17,18). The first-order chi connectivity index (χ1) is 9.28. The lowest BCUT2D eigenvalue weighted by atomic mass is 10.2. The van der Waals surface area contributed by atoms with E-state index in [0.717, 1.165) is 29.3 Å². The van der Waals surface area contributed by atoms with Crippen molar-refractivity contribution in [3.05, 3.63) is 36.2 Å². The summed E-state index contributed by atoms with van der Waals surface area (Å²) in [7, 11) is 1.87. The quantitative estimate of drug-likeness (QED) is 0.817. The molecule has 5 heteroatoms. The molecule has 1 aromatic heterocycles. The van der Waals surface area contributed by atoms with E-state index < -0.39 is 0 Å². The fourth-order valence-corrected chi connectivity index (χ4v) is 2.29. The van der Waals surface area contributed by atoms with Crippen molar-refractivity contribution in [1.82, 2.24) is 9.97 Å². The van der Waals surface area contributed by atoms with Gasteiger partial charge in [-0.1, -0.05) is 6.92 Å². The van der Waals surface area contributed by atoms with Crippen molar-refractivity contribution in [1.29, 1.82) is 0 Å². The number of hydrogen-bond acceptors (Lipinski definition) is 5. The summed E-state index contributed by atoms with van der Waals surface area (Å²) < 4.78 is 0. The normalized spacial score (nSPS) is 10.3. The fraction of sp³-hybridized carbons (Fsp3) is 0.286. The van der Waals surface area contributed by atoms with Crippen LogP contribution < -0.4 is 10.6 Å². The van der Waals surface area contributed by atoms with Crippen LogP contribution in [0.2, 0.25) is 0 Å². The van der Waals surface area contributed by atoms with Crippen LogP contribution in [0.5, 0.6) is 0 Å². The zero-order valence-electron chi connectivity index (χ0n) is 11.4. The Morgan fingerprint density at radius 1 is 1.11 bits per heavy atom. The van der Waals surface area contributed by atoms with Gasteiger partial charge in [0.25, 0.3) is 0 Å². The van der Waals surface area contributed by atoms with Gasteiger partial charge < -0.3 is 10.6 Å². The zero-order chi connectivity index (χ0) is 13.7. The molecular weight excluding hydrogens is 256 g/mol. The fourth-order valence-electron chi connectivity index (χ4n) is 1.88. The Morgan fingerprint density at radius 3 is 2.37 bits per heavy atom. The minimum Gasteiger partial charge on any atom is -0.373 e. The lowest BCUT2D eigenvalue weighted by Gasteiger charge is -2.13. The first-order valence-corrected chi connectivity index (χ1v) is 7.43. The third-order valence-corrected chi connectivity index (χ3v) is 3.63. The highest BCUT2D eigenvalue weighted by Crippen LogP contribution is 2.25. The highest BCUT2D eigenvalue weighted by molar-refractivity contribution is 7.98. The first-order valence-electron chi connectivity index (χ1n) is 6.21. The van der Waals surface area contributed by atoms with Crippen LogP contribution in [-0.4, -0.2) is 23.3 Å². The minimum atomic E-state index is 0.860.